The van der Waals surface area contributed by atoms with E-state index in [-0.39, 0.29) is 12.2 Å². The first-order chi connectivity index (χ1) is 10.2. The van der Waals surface area contributed by atoms with E-state index in [2.05, 4.69) is 13.8 Å². The van der Waals surface area contributed by atoms with Gasteiger partial charge in [-0.15, -0.1) is 0 Å². The van der Waals surface area contributed by atoms with Crippen LogP contribution in [0.3, 0.4) is 0 Å². The number of rotatable bonds is 16. The Hall–Kier alpha value is -0.120. The summed E-state index contributed by atoms with van der Waals surface area (Å²) in [4.78, 5) is 0. The quantitative estimate of drug-likeness (QED) is 0.414. The zero-order chi connectivity index (χ0) is 15.8. The molecule has 2 unspecified atom stereocenters. The van der Waals surface area contributed by atoms with E-state index in [0.717, 1.165) is 64.6 Å². The summed E-state index contributed by atoms with van der Waals surface area (Å²) in [5.41, 5.74) is 0. The minimum atomic E-state index is -0.152. The van der Waals surface area contributed by atoms with Gasteiger partial charge in [0.15, 0.2) is 0 Å². The molecule has 0 aliphatic heterocycles. The summed E-state index contributed by atoms with van der Waals surface area (Å²) in [6.07, 6.45) is 12.2. The Kier molecular flexibility index (Phi) is 16.2. The molecule has 0 rings (SSSR count). The Balaban J connectivity index is 3.21. The third kappa shape index (κ3) is 16.1. The summed E-state index contributed by atoms with van der Waals surface area (Å²) in [6, 6.07) is 0. The summed E-state index contributed by atoms with van der Waals surface area (Å²) >= 11 is 0. The van der Waals surface area contributed by atoms with Crippen molar-refractivity contribution in [1.82, 2.24) is 0 Å². The lowest BCUT2D eigenvalue weighted by atomic mass is 10.1. The Morgan fingerprint density at radius 2 is 1.00 bits per heavy atom. The minimum absolute atomic E-state index is 0.152. The van der Waals surface area contributed by atoms with Crippen LogP contribution in [0.2, 0.25) is 0 Å². The average Bonchev–Trinajstić information content (AvgIpc) is 2.47. The predicted octanol–water partition coefficient (Wildman–Crippen LogP) is 4.45. The van der Waals surface area contributed by atoms with Crippen molar-refractivity contribution in [1.29, 1.82) is 0 Å². The molecular formula is C18H38O3. The summed E-state index contributed by atoms with van der Waals surface area (Å²) < 4.78 is 5.56. The van der Waals surface area contributed by atoms with Crippen LogP contribution >= 0.6 is 0 Å². The van der Waals surface area contributed by atoms with E-state index in [1.165, 1.54) is 25.7 Å². The normalized spacial score (nSPS) is 14.3. The van der Waals surface area contributed by atoms with E-state index in [1.807, 2.05) is 0 Å². The lowest BCUT2D eigenvalue weighted by Gasteiger charge is -2.11. The lowest BCUT2D eigenvalue weighted by Crippen LogP contribution is -2.10. The monoisotopic (exact) mass is 302 g/mol. The Morgan fingerprint density at radius 1 is 0.619 bits per heavy atom. The predicted molar refractivity (Wildman–Crippen MR) is 89.6 cm³/mol. The van der Waals surface area contributed by atoms with Crippen LogP contribution in [0.5, 0.6) is 0 Å². The van der Waals surface area contributed by atoms with Gasteiger partial charge in [-0.3, -0.25) is 0 Å². The third-order valence-corrected chi connectivity index (χ3v) is 3.93. The molecule has 0 aliphatic rings. The van der Waals surface area contributed by atoms with Crippen LogP contribution < -0.4 is 0 Å². The summed E-state index contributed by atoms with van der Waals surface area (Å²) in [5, 5.41) is 19.5. The molecule has 2 atom stereocenters. The molecule has 0 spiro atoms. The highest BCUT2D eigenvalue weighted by atomic mass is 16.5. The topological polar surface area (TPSA) is 49.7 Å². The standard InChI is InChI=1S/C18H38O3/c1-3-5-7-11-17(19)13-9-15-21-16-10-14-18(20)12-8-6-4-2/h17-20H,3-16H2,1-2H3. The number of aliphatic hydroxyl groups is 2. The molecule has 128 valence electrons. The van der Waals surface area contributed by atoms with Crippen molar-refractivity contribution < 1.29 is 14.9 Å². The molecular weight excluding hydrogens is 264 g/mol. The zero-order valence-electron chi connectivity index (χ0n) is 14.4. The number of hydrogen-bond donors (Lipinski definition) is 2. The second-order valence-corrected chi connectivity index (χ2v) is 6.20. The molecule has 0 radical (unpaired) electrons. The van der Waals surface area contributed by atoms with Crippen molar-refractivity contribution in [3.63, 3.8) is 0 Å². The summed E-state index contributed by atoms with van der Waals surface area (Å²) in [7, 11) is 0. The van der Waals surface area contributed by atoms with Crippen LogP contribution in [0.15, 0.2) is 0 Å². The second kappa shape index (κ2) is 16.3. The molecule has 0 aromatic heterocycles. The van der Waals surface area contributed by atoms with Gasteiger partial charge in [0.25, 0.3) is 0 Å². The first-order valence-corrected chi connectivity index (χ1v) is 9.14. The molecule has 0 aromatic carbocycles. The molecule has 0 aromatic rings. The van der Waals surface area contributed by atoms with Crippen LogP contribution in [-0.2, 0) is 4.74 Å². The van der Waals surface area contributed by atoms with E-state index in [9.17, 15) is 10.2 Å². The van der Waals surface area contributed by atoms with Crippen molar-refractivity contribution in [2.75, 3.05) is 13.2 Å². The lowest BCUT2D eigenvalue weighted by molar-refractivity contribution is 0.0872. The molecule has 2 N–H and O–H groups in total. The molecule has 0 bridgehead atoms. The van der Waals surface area contributed by atoms with Gasteiger partial charge in [-0.05, 0) is 38.5 Å². The molecule has 0 saturated carbocycles. The Morgan fingerprint density at radius 3 is 1.38 bits per heavy atom. The van der Waals surface area contributed by atoms with Crippen molar-refractivity contribution in [3.05, 3.63) is 0 Å². The summed E-state index contributed by atoms with van der Waals surface area (Å²) in [5.74, 6) is 0. The van der Waals surface area contributed by atoms with Gasteiger partial charge in [-0.2, -0.15) is 0 Å². The van der Waals surface area contributed by atoms with Gasteiger partial charge in [-0.1, -0.05) is 52.4 Å². The van der Waals surface area contributed by atoms with Gasteiger partial charge in [0.1, 0.15) is 0 Å². The molecule has 0 heterocycles. The zero-order valence-corrected chi connectivity index (χ0v) is 14.4. The van der Waals surface area contributed by atoms with E-state index in [1.54, 1.807) is 0 Å². The van der Waals surface area contributed by atoms with E-state index < -0.39 is 0 Å². The molecule has 0 saturated heterocycles. The first-order valence-electron chi connectivity index (χ1n) is 9.14. The SMILES string of the molecule is CCCCCC(O)CCCOCCCC(O)CCCCC. The van der Waals surface area contributed by atoms with Crippen molar-refractivity contribution in [2.24, 2.45) is 0 Å². The number of unbranched alkanes of at least 4 members (excludes halogenated alkanes) is 4. The van der Waals surface area contributed by atoms with E-state index in [0.29, 0.717) is 0 Å². The second-order valence-electron chi connectivity index (χ2n) is 6.20. The fourth-order valence-electron chi connectivity index (χ4n) is 2.49. The fraction of sp³-hybridized carbons (Fsp3) is 1.00. The van der Waals surface area contributed by atoms with Crippen LogP contribution in [0, 0.1) is 0 Å². The minimum Gasteiger partial charge on any atom is -0.393 e. The molecule has 3 heteroatoms. The van der Waals surface area contributed by atoms with Gasteiger partial charge >= 0.3 is 0 Å². The van der Waals surface area contributed by atoms with Crippen LogP contribution in [-0.4, -0.2) is 35.6 Å². The van der Waals surface area contributed by atoms with Gasteiger partial charge in [-0.25, -0.2) is 0 Å². The molecule has 21 heavy (non-hydrogen) atoms. The maximum Gasteiger partial charge on any atom is 0.0541 e. The van der Waals surface area contributed by atoms with Crippen LogP contribution in [0.25, 0.3) is 0 Å². The van der Waals surface area contributed by atoms with Gasteiger partial charge in [0.05, 0.1) is 12.2 Å². The Bertz CT molecular complexity index is 177. The molecule has 0 fully saturated rings. The van der Waals surface area contributed by atoms with Gasteiger partial charge in [0.2, 0.25) is 0 Å². The highest BCUT2D eigenvalue weighted by Gasteiger charge is 2.05. The number of ether oxygens (including phenoxy) is 1. The van der Waals surface area contributed by atoms with Crippen molar-refractivity contribution in [3.8, 4) is 0 Å². The maximum atomic E-state index is 9.77. The third-order valence-electron chi connectivity index (χ3n) is 3.93. The molecule has 0 aliphatic carbocycles. The van der Waals surface area contributed by atoms with Gasteiger partial charge < -0.3 is 14.9 Å². The first kappa shape index (κ1) is 20.9. The smallest absolute Gasteiger partial charge is 0.0541 e. The number of hydrogen-bond acceptors (Lipinski definition) is 3. The van der Waals surface area contributed by atoms with E-state index in [4.69, 9.17) is 4.74 Å². The average molecular weight is 302 g/mol. The van der Waals surface area contributed by atoms with Crippen molar-refractivity contribution >= 4 is 0 Å². The highest BCUT2D eigenvalue weighted by Crippen LogP contribution is 2.10. The van der Waals surface area contributed by atoms with Gasteiger partial charge in [0, 0.05) is 13.2 Å². The van der Waals surface area contributed by atoms with Crippen LogP contribution in [0.4, 0.5) is 0 Å². The molecule has 0 amide bonds. The summed E-state index contributed by atoms with van der Waals surface area (Å²) in [6.45, 7) is 5.83. The fourth-order valence-corrected chi connectivity index (χ4v) is 2.49. The number of aliphatic hydroxyl groups excluding tert-OH is 2. The van der Waals surface area contributed by atoms with Crippen molar-refractivity contribution in [2.45, 2.75) is 103 Å². The maximum absolute atomic E-state index is 9.77. The largest absolute Gasteiger partial charge is 0.393 e. The van der Waals surface area contributed by atoms with Crippen LogP contribution in [0.1, 0.15) is 90.9 Å². The highest BCUT2D eigenvalue weighted by molar-refractivity contribution is 4.57. The molecule has 3 nitrogen and oxygen atoms in total. The Labute approximate surface area is 132 Å². The van der Waals surface area contributed by atoms with E-state index >= 15 is 0 Å².